The Hall–Kier alpha value is -1.79. The van der Waals surface area contributed by atoms with E-state index in [9.17, 15) is 19.5 Å². The summed E-state index contributed by atoms with van der Waals surface area (Å²) in [6.45, 7) is 11.1. The van der Waals surface area contributed by atoms with Crippen LogP contribution in [0.3, 0.4) is 0 Å². The first-order chi connectivity index (χ1) is 12.0. The third kappa shape index (κ3) is 11.7. The van der Waals surface area contributed by atoms with Crippen molar-refractivity contribution in [1.29, 1.82) is 0 Å². The van der Waals surface area contributed by atoms with Crippen LogP contribution in [0, 0.1) is 5.92 Å². The summed E-state index contributed by atoms with van der Waals surface area (Å²) < 4.78 is 5.20. The predicted octanol–water partition coefficient (Wildman–Crippen LogP) is 3.47. The van der Waals surface area contributed by atoms with Crippen LogP contribution in [0.15, 0.2) is 0 Å². The first kappa shape index (κ1) is 24.2. The molecule has 2 amide bonds. The minimum absolute atomic E-state index is 0.147. The number of carboxylic acid groups (broad SMARTS) is 1. The van der Waals surface area contributed by atoms with Crippen molar-refractivity contribution in [3.05, 3.63) is 0 Å². The quantitative estimate of drug-likeness (QED) is 0.482. The number of carbonyl (C=O) groups excluding carboxylic acids is 2. The second-order valence-corrected chi connectivity index (χ2v) is 8.08. The van der Waals surface area contributed by atoms with Crippen molar-refractivity contribution >= 4 is 18.0 Å². The highest BCUT2D eigenvalue weighted by atomic mass is 16.6. The summed E-state index contributed by atoms with van der Waals surface area (Å²) in [6.07, 6.45) is 3.85. The van der Waals surface area contributed by atoms with Crippen LogP contribution >= 0.6 is 0 Å². The van der Waals surface area contributed by atoms with Crippen LogP contribution in [-0.4, -0.2) is 40.8 Å². The van der Waals surface area contributed by atoms with Gasteiger partial charge in [-0.2, -0.15) is 0 Å². The number of amides is 2. The molecule has 0 spiro atoms. The van der Waals surface area contributed by atoms with Crippen LogP contribution in [0.1, 0.15) is 80.1 Å². The fourth-order valence-electron chi connectivity index (χ4n) is 2.46. The maximum absolute atomic E-state index is 12.5. The molecule has 3 N–H and O–H groups in total. The van der Waals surface area contributed by atoms with Gasteiger partial charge in [-0.05, 0) is 39.5 Å². The molecular formula is C19H36N2O5. The summed E-state index contributed by atoms with van der Waals surface area (Å²) in [6, 6.07) is -1.78. The summed E-state index contributed by atoms with van der Waals surface area (Å²) in [5.74, 6) is -1.41. The minimum Gasteiger partial charge on any atom is -0.480 e. The third-order valence-corrected chi connectivity index (χ3v) is 3.68. The van der Waals surface area contributed by atoms with E-state index in [4.69, 9.17) is 4.74 Å². The highest BCUT2D eigenvalue weighted by Gasteiger charge is 2.28. The zero-order chi connectivity index (χ0) is 20.3. The molecule has 0 radical (unpaired) electrons. The number of unbranched alkanes of at least 4 members (excludes halogenated alkanes) is 3. The molecule has 152 valence electrons. The molecule has 0 aliphatic heterocycles. The summed E-state index contributed by atoms with van der Waals surface area (Å²) >= 11 is 0. The Bertz CT molecular complexity index is 457. The lowest BCUT2D eigenvalue weighted by Crippen LogP contribution is -2.52. The van der Waals surface area contributed by atoms with Gasteiger partial charge in [0.2, 0.25) is 5.91 Å². The van der Waals surface area contributed by atoms with Crippen LogP contribution in [0.25, 0.3) is 0 Å². The van der Waals surface area contributed by atoms with Gasteiger partial charge in [-0.25, -0.2) is 9.59 Å². The molecule has 2 atom stereocenters. The maximum Gasteiger partial charge on any atom is 0.408 e. The van der Waals surface area contributed by atoms with Gasteiger partial charge in [-0.15, -0.1) is 0 Å². The Morgan fingerprint density at radius 3 is 2.08 bits per heavy atom. The Balaban J connectivity index is 4.86. The van der Waals surface area contributed by atoms with E-state index < -0.39 is 35.7 Å². The first-order valence-corrected chi connectivity index (χ1v) is 9.49. The van der Waals surface area contributed by atoms with Gasteiger partial charge in [0.05, 0.1) is 0 Å². The van der Waals surface area contributed by atoms with Gasteiger partial charge >= 0.3 is 12.1 Å². The monoisotopic (exact) mass is 372 g/mol. The van der Waals surface area contributed by atoms with Gasteiger partial charge < -0.3 is 20.5 Å². The lowest BCUT2D eigenvalue weighted by molar-refractivity contribution is -0.142. The van der Waals surface area contributed by atoms with E-state index in [1.165, 1.54) is 0 Å². The number of aliphatic carboxylic acids is 1. The van der Waals surface area contributed by atoms with Crippen LogP contribution in [0.2, 0.25) is 0 Å². The number of rotatable bonds is 11. The van der Waals surface area contributed by atoms with Crippen LogP contribution in [0.4, 0.5) is 4.79 Å². The van der Waals surface area contributed by atoms with E-state index in [1.54, 1.807) is 20.8 Å². The van der Waals surface area contributed by atoms with Gasteiger partial charge in [-0.3, -0.25) is 4.79 Å². The Morgan fingerprint density at radius 2 is 1.62 bits per heavy atom. The zero-order valence-electron chi connectivity index (χ0n) is 17.1. The van der Waals surface area contributed by atoms with Crippen molar-refractivity contribution in [2.45, 2.75) is 97.8 Å². The van der Waals surface area contributed by atoms with Gasteiger partial charge in [0.25, 0.3) is 0 Å². The fourth-order valence-corrected chi connectivity index (χ4v) is 2.46. The molecule has 0 heterocycles. The van der Waals surface area contributed by atoms with Crippen molar-refractivity contribution in [2.24, 2.45) is 5.92 Å². The van der Waals surface area contributed by atoms with Crippen molar-refractivity contribution < 1.29 is 24.2 Å². The van der Waals surface area contributed by atoms with Gasteiger partial charge in [0, 0.05) is 0 Å². The van der Waals surface area contributed by atoms with Crippen LogP contribution in [-0.2, 0) is 14.3 Å². The number of hydrogen-bond donors (Lipinski definition) is 3. The van der Waals surface area contributed by atoms with E-state index in [0.717, 1.165) is 25.7 Å². The predicted molar refractivity (Wildman–Crippen MR) is 101 cm³/mol. The number of carboxylic acids is 1. The van der Waals surface area contributed by atoms with Gasteiger partial charge in [-0.1, -0.05) is 46.5 Å². The number of carbonyl (C=O) groups is 3. The Morgan fingerprint density at radius 1 is 1.00 bits per heavy atom. The molecule has 0 unspecified atom stereocenters. The lowest BCUT2D eigenvalue weighted by Gasteiger charge is -2.25. The molecule has 0 aliphatic rings. The normalized spacial score (nSPS) is 13.8. The van der Waals surface area contributed by atoms with Crippen LogP contribution in [0.5, 0.6) is 0 Å². The third-order valence-electron chi connectivity index (χ3n) is 3.68. The molecule has 0 fully saturated rings. The van der Waals surface area contributed by atoms with Crippen molar-refractivity contribution in [3.8, 4) is 0 Å². The molecule has 0 aromatic heterocycles. The van der Waals surface area contributed by atoms with E-state index in [1.807, 2.05) is 13.8 Å². The standard InChI is InChI=1S/C19H36N2O5/c1-7-8-9-10-11-14(17(23)24)20-16(22)15(12-13(2)3)21-18(25)26-19(4,5)6/h13-15H,7-12H2,1-6H3,(H,20,22)(H,21,25)(H,23,24)/t14-,15+/m0/s1. The second kappa shape index (κ2) is 11.8. The highest BCUT2D eigenvalue weighted by Crippen LogP contribution is 2.11. The molecule has 0 saturated heterocycles. The molecule has 0 saturated carbocycles. The Kier molecular flexibility index (Phi) is 10.9. The Labute approximate surface area is 157 Å². The second-order valence-electron chi connectivity index (χ2n) is 8.08. The molecule has 0 bridgehead atoms. The van der Waals surface area contributed by atoms with Gasteiger partial charge in [0.15, 0.2) is 0 Å². The smallest absolute Gasteiger partial charge is 0.408 e. The van der Waals surface area contributed by atoms with E-state index in [-0.39, 0.29) is 5.92 Å². The maximum atomic E-state index is 12.5. The molecular weight excluding hydrogens is 336 g/mol. The lowest BCUT2D eigenvalue weighted by atomic mass is 10.0. The van der Waals surface area contributed by atoms with E-state index in [2.05, 4.69) is 17.6 Å². The van der Waals surface area contributed by atoms with E-state index >= 15 is 0 Å². The molecule has 7 nitrogen and oxygen atoms in total. The zero-order valence-corrected chi connectivity index (χ0v) is 17.1. The summed E-state index contributed by atoms with van der Waals surface area (Å²) in [5, 5.41) is 14.5. The topological polar surface area (TPSA) is 105 Å². The summed E-state index contributed by atoms with van der Waals surface area (Å²) in [5.41, 5.74) is -0.675. The number of nitrogens with one attached hydrogen (secondary N) is 2. The molecule has 0 rings (SSSR count). The van der Waals surface area contributed by atoms with Crippen molar-refractivity contribution in [2.75, 3.05) is 0 Å². The SMILES string of the molecule is CCCCCC[C@H](NC(=O)[C@@H](CC(C)C)NC(=O)OC(C)(C)C)C(=O)O. The molecule has 7 heteroatoms. The molecule has 0 aliphatic carbocycles. The number of alkyl carbamates (subject to hydrolysis) is 1. The molecule has 0 aromatic rings. The van der Waals surface area contributed by atoms with Crippen molar-refractivity contribution in [1.82, 2.24) is 10.6 Å². The average Bonchev–Trinajstić information content (AvgIpc) is 2.46. The number of ether oxygens (including phenoxy) is 1. The van der Waals surface area contributed by atoms with Gasteiger partial charge in [0.1, 0.15) is 17.7 Å². The highest BCUT2D eigenvalue weighted by molar-refractivity contribution is 5.89. The summed E-state index contributed by atoms with van der Waals surface area (Å²) in [7, 11) is 0. The summed E-state index contributed by atoms with van der Waals surface area (Å²) in [4.78, 5) is 36.0. The largest absolute Gasteiger partial charge is 0.480 e. The molecule has 0 aromatic carbocycles. The first-order valence-electron chi connectivity index (χ1n) is 9.49. The minimum atomic E-state index is -1.06. The fraction of sp³-hybridized carbons (Fsp3) is 0.842. The van der Waals surface area contributed by atoms with E-state index in [0.29, 0.717) is 12.8 Å². The van der Waals surface area contributed by atoms with Crippen molar-refractivity contribution in [3.63, 3.8) is 0 Å². The number of hydrogen-bond acceptors (Lipinski definition) is 4. The average molecular weight is 373 g/mol. The van der Waals surface area contributed by atoms with Crippen LogP contribution < -0.4 is 10.6 Å². The molecule has 26 heavy (non-hydrogen) atoms.